The number of ketones is 1. The largest absolute Gasteiger partial charge is 0.434 e. The molecule has 0 N–H and O–H groups in total. The Hall–Kier alpha value is -2.74. The summed E-state index contributed by atoms with van der Waals surface area (Å²) in [5, 5.41) is 9.02. The molecular weight excluding hydrogens is 384 g/mol. The molecule has 0 aliphatic heterocycles. The Kier molecular flexibility index (Phi) is 6.41. The van der Waals surface area contributed by atoms with Gasteiger partial charge in [0.1, 0.15) is 5.75 Å². The van der Waals surface area contributed by atoms with E-state index in [1.807, 2.05) is 41.8 Å². The molecule has 0 unspecified atom stereocenters. The first kappa shape index (κ1) is 20.0. The minimum atomic E-state index is -2.99. The third-order valence-corrected chi connectivity index (χ3v) is 5.02. The van der Waals surface area contributed by atoms with Crippen molar-refractivity contribution in [3.63, 3.8) is 0 Å². The smallest absolute Gasteiger partial charge is 0.387 e. The van der Waals surface area contributed by atoms with E-state index in [9.17, 15) is 13.6 Å². The van der Waals surface area contributed by atoms with E-state index in [0.717, 1.165) is 17.0 Å². The zero-order valence-corrected chi connectivity index (χ0v) is 16.2. The van der Waals surface area contributed by atoms with Crippen molar-refractivity contribution < 1.29 is 18.3 Å². The molecule has 1 aromatic heterocycles. The zero-order chi connectivity index (χ0) is 20.1. The molecule has 0 aliphatic rings. The predicted octanol–water partition coefficient (Wildman–Crippen LogP) is 4.85. The number of ether oxygens (including phenoxy) is 1. The van der Waals surface area contributed by atoms with Crippen molar-refractivity contribution in [1.29, 1.82) is 0 Å². The van der Waals surface area contributed by atoms with Gasteiger partial charge in [-0.25, -0.2) is 0 Å². The summed E-state index contributed by atoms with van der Waals surface area (Å²) in [5.41, 5.74) is 1.86. The van der Waals surface area contributed by atoms with Crippen molar-refractivity contribution in [3.8, 4) is 17.1 Å². The van der Waals surface area contributed by atoms with Gasteiger partial charge in [0.05, 0.1) is 11.3 Å². The minimum absolute atomic E-state index is 0.0377. The standard InChI is InChI=1S/C20H19F2N3O2S/c1-3-25-18(14-7-5-4-6-8-14)23-24-20(25)28-12-16(26)15-11-13(2)9-10-17(15)27-19(21)22/h4-11,19H,3,12H2,1-2H3. The van der Waals surface area contributed by atoms with Crippen LogP contribution in [0.5, 0.6) is 5.75 Å². The monoisotopic (exact) mass is 403 g/mol. The summed E-state index contributed by atoms with van der Waals surface area (Å²) in [4.78, 5) is 12.6. The molecule has 8 heteroatoms. The molecule has 0 spiro atoms. The van der Waals surface area contributed by atoms with Crippen molar-refractivity contribution in [3.05, 3.63) is 59.7 Å². The third-order valence-electron chi connectivity index (χ3n) is 4.05. The maximum Gasteiger partial charge on any atom is 0.387 e. The molecule has 5 nitrogen and oxygen atoms in total. The number of nitrogens with zero attached hydrogens (tertiary/aromatic N) is 3. The third kappa shape index (κ3) is 4.56. The molecule has 2 aromatic carbocycles. The Balaban J connectivity index is 1.79. The summed E-state index contributed by atoms with van der Waals surface area (Å²) >= 11 is 1.22. The number of hydrogen-bond acceptors (Lipinski definition) is 5. The lowest BCUT2D eigenvalue weighted by molar-refractivity contribution is -0.0501. The molecule has 0 amide bonds. The highest BCUT2D eigenvalue weighted by molar-refractivity contribution is 7.99. The molecule has 28 heavy (non-hydrogen) atoms. The van der Waals surface area contributed by atoms with E-state index in [1.165, 1.54) is 17.8 Å². The van der Waals surface area contributed by atoms with E-state index in [0.29, 0.717) is 11.7 Å². The predicted molar refractivity (Wildman–Crippen MR) is 104 cm³/mol. The van der Waals surface area contributed by atoms with Crippen LogP contribution < -0.4 is 4.74 Å². The Morgan fingerprint density at radius 1 is 1.18 bits per heavy atom. The van der Waals surface area contributed by atoms with Gasteiger partial charge in [0, 0.05) is 12.1 Å². The number of aryl methyl sites for hydroxylation is 1. The van der Waals surface area contributed by atoms with Crippen LogP contribution in [0.15, 0.2) is 53.7 Å². The van der Waals surface area contributed by atoms with Gasteiger partial charge in [-0.15, -0.1) is 10.2 Å². The first-order valence-electron chi connectivity index (χ1n) is 8.69. The highest BCUT2D eigenvalue weighted by Crippen LogP contribution is 2.27. The summed E-state index contributed by atoms with van der Waals surface area (Å²) in [5.74, 6) is 0.329. The number of thioether (sulfide) groups is 1. The van der Waals surface area contributed by atoms with Crippen molar-refractivity contribution >= 4 is 17.5 Å². The van der Waals surface area contributed by atoms with Crippen LogP contribution in [0.25, 0.3) is 11.4 Å². The Bertz CT molecular complexity index is 961. The van der Waals surface area contributed by atoms with Gasteiger partial charge in [-0.2, -0.15) is 8.78 Å². The fourth-order valence-corrected chi connectivity index (χ4v) is 3.64. The van der Waals surface area contributed by atoms with Crippen LogP contribution in [0.2, 0.25) is 0 Å². The van der Waals surface area contributed by atoms with Gasteiger partial charge in [-0.05, 0) is 26.0 Å². The van der Waals surface area contributed by atoms with Crippen molar-refractivity contribution in [2.45, 2.75) is 32.2 Å². The fraction of sp³-hybridized carbons (Fsp3) is 0.250. The number of aromatic nitrogens is 3. The second-order valence-electron chi connectivity index (χ2n) is 6.01. The van der Waals surface area contributed by atoms with Gasteiger partial charge < -0.3 is 9.30 Å². The van der Waals surface area contributed by atoms with Gasteiger partial charge in [0.2, 0.25) is 0 Å². The van der Waals surface area contributed by atoms with Gasteiger partial charge in [-0.1, -0.05) is 53.7 Å². The van der Waals surface area contributed by atoms with E-state index in [4.69, 9.17) is 0 Å². The molecular formula is C20H19F2N3O2S. The number of benzene rings is 2. The highest BCUT2D eigenvalue weighted by atomic mass is 32.2. The molecule has 0 atom stereocenters. The number of Topliss-reactive ketones (excluding diaryl/α,β-unsaturated/α-hetero) is 1. The number of halogens is 2. The van der Waals surface area contributed by atoms with E-state index < -0.39 is 6.61 Å². The van der Waals surface area contributed by atoms with Crippen LogP contribution >= 0.6 is 11.8 Å². The molecule has 0 fully saturated rings. The van der Waals surface area contributed by atoms with Crippen LogP contribution in [0.3, 0.4) is 0 Å². The lowest BCUT2D eigenvalue weighted by Crippen LogP contribution is -2.10. The lowest BCUT2D eigenvalue weighted by Gasteiger charge is -2.11. The maximum atomic E-state index is 12.6. The van der Waals surface area contributed by atoms with Crippen molar-refractivity contribution in [2.24, 2.45) is 0 Å². The first-order chi connectivity index (χ1) is 13.5. The van der Waals surface area contributed by atoms with Gasteiger partial charge >= 0.3 is 6.61 Å². The normalized spacial score (nSPS) is 11.0. The molecule has 146 valence electrons. The summed E-state index contributed by atoms with van der Waals surface area (Å²) < 4.78 is 31.6. The van der Waals surface area contributed by atoms with Crippen LogP contribution in [0.1, 0.15) is 22.8 Å². The van der Waals surface area contributed by atoms with Gasteiger partial charge in [-0.3, -0.25) is 4.79 Å². The van der Waals surface area contributed by atoms with Crippen LogP contribution in [-0.2, 0) is 6.54 Å². The number of hydrogen-bond donors (Lipinski definition) is 0. The molecule has 0 aliphatic carbocycles. The van der Waals surface area contributed by atoms with Crippen molar-refractivity contribution in [2.75, 3.05) is 5.75 Å². The molecule has 0 saturated heterocycles. The number of rotatable bonds is 8. The molecule has 3 rings (SSSR count). The Morgan fingerprint density at radius 2 is 1.93 bits per heavy atom. The lowest BCUT2D eigenvalue weighted by atomic mass is 10.1. The summed E-state index contributed by atoms with van der Waals surface area (Å²) in [6.07, 6.45) is 0. The highest BCUT2D eigenvalue weighted by Gasteiger charge is 2.19. The molecule has 3 aromatic rings. The van der Waals surface area contributed by atoms with Gasteiger partial charge in [0.15, 0.2) is 16.8 Å². The molecule has 0 bridgehead atoms. The fourth-order valence-electron chi connectivity index (χ4n) is 2.75. The van der Waals surface area contributed by atoms with Crippen LogP contribution in [-0.4, -0.2) is 32.9 Å². The second-order valence-corrected chi connectivity index (χ2v) is 6.95. The summed E-state index contributed by atoms with van der Waals surface area (Å²) in [6.45, 7) is 1.41. The number of carbonyl (C=O) groups is 1. The average molecular weight is 403 g/mol. The van der Waals surface area contributed by atoms with E-state index in [1.54, 1.807) is 19.1 Å². The average Bonchev–Trinajstić information content (AvgIpc) is 3.10. The zero-order valence-electron chi connectivity index (χ0n) is 15.4. The summed E-state index contributed by atoms with van der Waals surface area (Å²) in [6, 6.07) is 14.2. The van der Waals surface area contributed by atoms with Crippen molar-refractivity contribution in [1.82, 2.24) is 14.8 Å². The maximum absolute atomic E-state index is 12.6. The van der Waals surface area contributed by atoms with Crippen LogP contribution in [0.4, 0.5) is 8.78 Å². The molecule has 0 radical (unpaired) electrons. The SMILES string of the molecule is CCn1c(SCC(=O)c2cc(C)ccc2OC(F)F)nnc1-c1ccccc1. The van der Waals surface area contributed by atoms with Crippen LogP contribution in [0, 0.1) is 6.92 Å². The Labute approximate surface area is 165 Å². The quantitative estimate of drug-likeness (QED) is 0.398. The molecule has 1 heterocycles. The van der Waals surface area contributed by atoms with E-state index in [2.05, 4.69) is 14.9 Å². The minimum Gasteiger partial charge on any atom is -0.434 e. The van der Waals surface area contributed by atoms with E-state index in [-0.39, 0.29) is 22.8 Å². The second kappa shape index (κ2) is 8.97. The summed E-state index contributed by atoms with van der Waals surface area (Å²) in [7, 11) is 0. The number of alkyl halides is 2. The van der Waals surface area contributed by atoms with Gasteiger partial charge in [0.25, 0.3) is 0 Å². The Morgan fingerprint density at radius 3 is 2.61 bits per heavy atom. The van der Waals surface area contributed by atoms with E-state index >= 15 is 0 Å². The first-order valence-corrected chi connectivity index (χ1v) is 9.68. The molecule has 0 saturated carbocycles. The topological polar surface area (TPSA) is 57.0 Å². The number of carbonyl (C=O) groups excluding carboxylic acids is 1.